The first-order valence-electron chi connectivity index (χ1n) is 10.1. The van der Waals surface area contributed by atoms with Crippen molar-refractivity contribution in [3.63, 3.8) is 0 Å². The second-order valence-electron chi connectivity index (χ2n) is 10.1. The Labute approximate surface area is 180 Å². The maximum atomic E-state index is 5.42. The molecule has 1 unspecified atom stereocenters. The Morgan fingerprint density at radius 3 is 1.50 bits per heavy atom. The molecule has 2 aromatic rings. The van der Waals surface area contributed by atoms with Gasteiger partial charge in [-0.05, 0) is 46.7 Å². The summed E-state index contributed by atoms with van der Waals surface area (Å²) in [5.41, 5.74) is 5.08. The van der Waals surface area contributed by atoms with Gasteiger partial charge in [-0.1, -0.05) is 91.4 Å². The number of benzene rings is 2. The lowest BCUT2D eigenvalue weighted by Crippen LogP contribution is -2.34. The minimum atomic E-state index is -0.301. The normalized spacial score (nSPS) is 14.8. The highest BCUT2D eigenvalue weighted by molar-refractivity contribution is 7.82. The molecule has 154 valence electrons. The van der Waals surface area contributed by atoms with Crippen LogP contribution in [0.1, 0.15) is 58.2 Å². The molecule has 0 spiro atoms. The topological polar surface area (TPSA) is 3.24 Å². The predicted octanol–water partition coefficient (Wildman–Crippen LogP) is 7.31. The van der Waals surface area contributed by atoms with Gasteiger partial charge in [0.15, 0.2) is 0 Å². The monoisotopic (exact) mass is 415 g/mol. The molecule has 28 heavy (non-hydrogen) atoms. The van der Waals surface area contributed by atoms with E-state index in [0.717, 1.165) is 6.16 Å². The Bertz CT molecular complexity index is 752. The van der Waals surface area contributed by atoms with Crippen molar-refractivity contribution in [1.82, 2.24) is 0 Å². The van der Waals surface area contributed by atoms with E-state index in [9.17, 15) is 0 Å². The van der Waals surface area contributed by atoms with Crippen LogP contribution in [0.2, 0.25) is 0 Å². The van der Waals surface area contributed by atoms with Crippen molar-refractivity contribution in [2.24, 2.45) is 0 Å². The molecular weight excluding hydrogens is 377 g/mol. The van der Waals surface area contributed by atoms with E-state index in [1.165, 1.54) is 22.4 Å². The second-order valence-corrected chi connectivity index (χ2v) is 14.7. The fourth-order valence-electron chi connectivity index (χ4n) is 3.92. The zero-order valence-corrected chi connectivity index (χ0v) is 21.0. The Kier molecular flexibility index (Phi) is 6.99. The summed E-state index contributed by atoms with van der Waals surface area (Å²) in [5.74, 6) is 0. The third-order valence-electron chi connectivity index (χ3n) is 5.40. The zero-order chi connectivity index (χ0) is 21.3. The molecule has 1 nitrogen and oxygen atoms in total. The van der Waals surface area contributed by atoms with E-state index in [2.05, 4.69) is 116 Å². The molecule has 0 heterocycles. The Morgan fingerprint density at radius 1 is 0.750 bits per heavy atom. The molecule has 0 aliphatic heterocycles. The lowest BCUT2D eigenvalue weighted by molar-refractivity contribution is 0.689. The fraction of sp³-hybridized carbons (Fsp3) is 0.520. The summed E-state index contributed by atoms with van der Waals surface area (Å²) in [6, 6.07) is 17.9. The molecule has 3 heteroatoms. The molecule has 0 fully saturated rings. The highest BCUT2D eigenvalue weighted by atomic mass is 32.1. The molecule has 2 aromatic carbocycles. The van der Waals surface area contributed by atoms with Gasteiger partial charge in [0.25, 0.3) is 0 Å². The van der Waals surface area contributed by atoms with Crippen molar-refractivity contribution in [2.45, 2.75) is 63.5 Å². The van der Waals surface area contributed by atoms with Gasteiger partial charge in [-0.25, -0.2) is 0 Å². The Morgan fingerprint density at radius 2 is 1.14 bits per heavy atom. The molecule has 0 saturated heterocycles. The maximum absolute atomic E-state index is 5.42. The van der Waals surface area contributed by atoms with Gasteiger partial charge in [0.2, 0.25) is 0 Å². The minimum absolute atomic E-state index is 0.260. The summed E-state index contributed by atoms with van der Waals surface area (Å²) in [7, 11) is 3.88. The van der Waals surface area contributed by atoms with Gasteiger partial charge in [0.05, 0.1) is 4.75 Å². The summed E-state index contributed by atoms with van der Waals surface area (Å²) in [5, 5.41) is 0.520. The molecule has 0 N–H and O–H groups in total. The molecule has 1 atom stereocenters. The van der Waals surface area contributed by atoms with Gasteiger partial charge in [0, 0.05) is 19.8 Å². The number of rotatable bonds is 5. The van der Waals surface area contributed by atoms with Gasteiger partial charge >= 0.3 is 0 Å². The summed E-state index contributed by atoms with van der Waals surface area (Å²) >= 11 is 5.42. The van der Waals surface area contributed by atoms with Crippen molar-refractivity contribution >= 4 is 26.2 Å². The van der Waals surface area contributed by atoms with E-state index in [1.807, 2.05) is 0 Å². The number of nitrogens with zero attached hydrogens (tertiary/aromatic N) is 1. The number of thiol groups is 1. The molecule has 2 rings (SSSR count). The van der Waals surface area contributed by atoms with E-state index in [4.69, 9.17) is 12.6 Å². The number of hydrogen-bond donors (Lipinski definition) is 1. The largest absolute Gasteiger partial charge is 0.378 e. The number of anilines is 1. The van der Waals surface area contributed by atoms with Crippen molar-refractivity contribution in [3.8, 4) is 0 Å². The van der Waals surface area contributed by atoms with Crippen LogP contribution >= 0.6 is 20.6 Å². The highest BCUT2D eigenvalue weighted by Gasteiger charge is 2.42. The molecule has 0 amide bonds. The second kappa shape index (κ2) is 8.41. The predicted molar refractivity (Wildman–Crippen MR) is 133 cm³/mol. The summed E-state index contributed by atoms with van der Waals surface area (Å²) in [4.78, 5) is 2.15. The maximum Gasteiger partial charge on any atom is 0.0666 e. The van der Waals surface area contributed by atoms with Crippen LogP contribution in [0.3, 0.4) is 0 Å². The molecule has 0 bridgehead atoms. The third-order valence-corrected chi connectivity index (χ3v) is 10.4. The van der Waals surface area contributed by atoms with E-state index in [-0.39, 0.29) is 23.0 Å². The standard InChI is InChI=1S/C25H38NPS/c1-19-10-12-20(13-11-19)25(28,18-27(23(2,3)4)24(5,6)7)21-14-16-22(17-15-21)26(8)9/h10-17,28H,18H2,1-9H3. The Hall–Kier alpha value is -0.980. The summed E-state index contributed by atoms with van der Waals surface area (Å²) < 4.78 is -0.301. The average molecular weight is 416 g/mol. The van der Waals surface area contributed by atoms with Crippen LogP contribution in [-0.2, 0) is 4.75 Å². The van der Waals surface area contributed by atoms with Crippen LogP contribution in [0, 0.1) is 6.92 Å². The minimum Gasteiger partial charge on any atom is -0.378 e. The van der Waals surface area contributed by atoms with Gasteiger partial charge in [0.1, 0.15) is 0 Å². The number of aryl methyl sites for hydroxylation is 1. The van der Waals surface area contributed by atoms with Crippen LogP contribution in [-0.4, -0.2) is 30.6 Å². The first kappa shape index (κ1) is 23.3. The molecule has 0 aliphatic rings. The van der Waals surface area contributed by atoms with Gasteiger partial charge in [-0.2, -0.15) is 12.6 Å². The molecule has 0 aliphatic carbocycles. The SMILES string of the molecule is Cc1ccc(C(S)(CP(C(C)(C)C)C(C)(C)C)c2ccc(N(C)C)cc2)cc1. The van der Waals surface area contributed by atoms with Crippen LogP contribution in [0.5, 0.6) is 0 Å². The average Bonchev–Trinajstić information content (AvgIpc) is 2.58. The molecular formula is C25H38NPS. The van der Waals surface area contributed by atoms with E-state index in [1.54, 1.807) is 0 Å². The summed E-state index contributed by atoms with van der Waals surface area (Å²) in [6.45, 7) is 16.5. The van der Waals surface area contributed by atoms with Crippen molar-refractivity contribution in [3.05, 3.63) is 65.2 Å². The van der Waals surface area contributed by atoms with Crippen molar-refractivity contribution < 1.29 is 0 Å². The smallest absolute Gasteiger partial charge is 0.0666 e. The van der Waals surface area contributed by atoms with Crippen molar-refractivity contribution in [2.75, 3.05) is 25.2 Å². The van der Waals surface area contributed by atoms with Crippen molar-refractivity contribution in [1.29, 1.82) is 0 Å². The van der Waals surface area contributed by atoms with Crippen LogP contribution in [0.15, 0.2) is 48.5 Å². The van der Waals surface area contributed by atoms with Gasteiger partial charge in [-0.15, -0.1) is 0 Å². The lowest BCUT2D eigenvalue weighted by atomic mass is 9.91. The lowest BCUT2D eigenvalue weighted by Gasteiger charge is -2.46. The van der Waals surface area contributed by atoms with E-state index < -0.39 is 0 Å². The van der Waals surface area contributed by atoms with Gasteiger partial charge in [-0.3, -0.25) is 0 Å². The van der Waals surface area contributed by atoms with Crippen LogP contribution in [0.4, 0.5) is 5.69 Å². The van der Waals surface area contributed by atoms with E-state index in [0.29, 0.717) is 0 Å². The summed E-state index contributed by atoms with van der Waals surface area (Å²) in [6.07, 6.45) is 1.06. The van der Waals surface area contributed by atoms with Crippen LogP contribution in [0.25, 0.3) is 0 Å². The highest BCUT2D eigenvalue weighted by Crippen LogP contribution is 2.63. The first-order valence-corrected chi connectivity index (χ1v) is 12.1. The molecule has 0 aromatic heterocycles. The molecule has 0 saturated carbocycles. The molecule has 0 radical (unpaired) electrons. The fourth-order valence-corrected chi connectivity index (χ4v) is 8.43. The number of hydrogen-bond acceptors (Lipinski definition) is 2. The zero-order valence-electron chi connectivity index (χ0n) is 19.2. The Balaban J connectivity index is 2.60. The van der Waals surface area contributed by atoms with Crippen LogP contribution < -0.4 is 4.90 Å². The van der Waals surface area contributed by atoms with E-state index >= 15 is 0 Å². The third kappa shape index (κ3) is 5.33. The van der Waals surface area contributed by atoms with Gasteiger partial charge < -0.3 is 4.90 Å². The quantitative estimate of drug-likeness (QED) is 0.396. The first-order chi connectivity index (χ1) is 12.7.